The zero-order chi connectivity index (χ0) is 74.6. The monoisotopic (exact) mass is 1540 g/mol. The summed E-state index contributed by atoms with van der Waals surface area (Å²) in [5.41, 5.74) is 6.57. The van der Waals surface area contributed by atoms with Gasteiger partial charge in [-0.05, 0) is 192 Å². The second-order valence-corrected chi connectivity index (χ2v) is 25.1. The average molecular weight is 1550 g/mol. The molecule has 5 rings (SSSR count). The number of ketones is 2. The number of allylic oxidation sites excluding steroid dienone is 1. The number of carbonyl (C=O) groups is 3. The number of halogens is 2. The van der Waals surface area contributed by atoms with Crippen molar-refractivity contribution in [3.63, 3.8) is 0 Å². The summed E-state index contributed by atoms with van der Waals surface area (Å²) in [4.78, 5) is 30.3. The van der Waals surface area contributed by atoms with Gasteiger partial charge in [0.1, 0.15) is 84.1 Å². The summed E-state index contributed by atoms with van der Waals surface area (Å²) in [6, 6.07) is 0. The fraction of sp³-hybridized carbons (Fsp3) is 0.761. The second kappa shape index (κ2) is 80.9. The van der Waals surface area contributed by atoms with Crippen LogP contribution in [0.1, 0.15) is 159 Å². The highest BCUT2D eigenvalue weighted by Crippen LogP contribution is 2.18. The molecule has 0 aromatic rings. The first kappa shape index (κ1) is 103. The molecule has 6 unspecified atom stereocenters. The van der Waals surface area contributed by atoms with Crippen LogP contribution < -0.4 is 0 Å². The van der Waals surface area contributed by atoms with Crippen molar-refractivity contribution in [2.24, 2.45) is 5.92 Å². The van der Waals surface area contributed by atoms with E-state index in [9.17, 15) is 14.4 Å². The first-order chi connectivity index (χ1) is 47.7. The van der Waals surface area contributed by atoms with E-state index in [0.717, 1.165) is 143 Å². The molecule has 2 N–H and O–H groups in total. The quantitative estimate of drug-likeness (QED) is 0.0144. The van der Waals surface area contributed by atoms with E-state index in [1.807, 2.05) is 61.0 Å². The molecule has 24 nitrogen and oxygen atoms in total. The smallest absolute Gasteiger partial charge is 0.160 e. The number of alkyl halides is 2. The summed E-state index contributed by atoms with van der Waals surface area (Å²) in [7, 11) is 0. The molecule has 0 amide bonds. The molecule has 5 aliphatic rings. The number of aldehydes is 1. The Bertz CT molecular complexity index is 1950. The number of aliphatic hydroxyl groups excluding tert-OH is 2. The summed E-state index contributed by atoms with van der Waals surface area (Å²) >= 11 is 11.7. The van der Waals surface area contributed by atoms with Crippen LogP contribution in [0.15, 0.2) is 84.8 Å². The van der Waals surface area contributed by atoms with Gasteiger partial charge in [0, 0.05) is 44.8 Å². The number of Topliss-reactive ketones (excluding diaryl/α,β-unsaturated/α-hetero) is 2. The van der Waals surface area contributed by atoms with Crippen molar-refractivity contribution >= 4 is 68.9 Å². The first-order valence-electron chi connectivity index (χ1n) is 33.5. The number of aliphatic hydroxyl groups is 2. The van der Waals surface area contributed by atoms with Crippen molar-refractivity contribution in [2.45, 2.75) is 190 Å². The molecule has 99 heavy (non-hydrogen) atoms. The SMILES string of the molecule is BrCOC1CCCCO1.C=C(C)CCl.C=C(C)CO/C=C(\C)COCO.C=C(C)CO/C=C(\C)COCOC1CCCCO1.C=COCSC.CC(=O)CO.CC(=O)COCOC1CCCCO1.CC(C=O)COCOC1CCCCO1.CSCO/C=C(\C)COCOC1CCCCO1. The van der Waals surface area contributed by atoms with E-state index < -0.39 is 0 Å². The number of ether oxygens (including phenoxy) is 19. The van der Waals surface area contributed by atoms with Crippen molar-refractivity contribution in [1.29, 1.82) is 0 Å². The van der Waals surface area contributed by atoms with E-state index in [-0.39, 0.29) is 96.1 Å². The van der Waals surface area contributed by atoms with E-state index in [1.165, 1.54) is 45.8 Å². The van der Waals surface area contributed by atoms with E-state index in [0.29, 0.717) is 62.9 Å². The van der Waals surface area contributed by atoms with Crippen molar-refractivity contribution < 1.29 is 115 Å². The highest BCUT2D eigenvalue weighted by molar-refractivity contribution is 9.09. The minimum absolute atomic E-state index is 0.00756. The van der Waals surface area contributed by atoms with Crippen LogP contribution in [0.3, 0.4) is 0 Å². The molecule has 0 aromatic heterocycles. The van der Waals surface area contributed by atoms with Crippen LogP contribution >= 0.6 is 51.1 Å². The highest BCUT2D eigenvalue weighted by atomic mass is 79.9. The standard InChI is InChI=1S/C14H24O4.C12H22O4S.C10H18O4.C9H16O4.C9H16O3.C6H11BrO2.C4H7Cl.C4H8OS.C3H6O2/c1-12(2)8-15-9-13(3)10-16-11-18-14-6-4-5-7-17-14;1-11(8-14-10-17-2)7-13-9-16-12-5-3-4-6-15-12;1-9(6-11)7-12-8-14-10-4-2-3-5-13-10;1-8(10)6-11-7-13-9-4-2-3-5-12-9;1-8(2)4-11-5-9(3)6-12-7-10;7-5-9-6-3-1-2-4-8-6;1-4(2)3-5;1-3-5-4-6-2;1-3(5)2-4/h9,14H,1,4-8,10-11H2,2-3H3;8,12H,3-7,9-10H2,1-2H3;6,9-10H,2-5,7-8H2,1H3;9H,2-7H2,1H3;5,10H,1,4,6-7H2,2-3H3;6H,1-5H2;1,3H2,2H3;3H,1,4H2,2H3;4H,2H2,1H3/b13-9+;11-8+;;;9-5+;;;;. The molecular formula is C71H128BrClO24S2. The maximum atomic E-state index is 10.5. The van der Waals surface area contributed by atoms with Crippen LogP contribution in [-0.4, -0.2) is 215 Å². The lowest BCUT2D eigenvalue weighted by molar-refractivity contribution is -0.210. The molecule has 0 spiro atoms. The minimum atomic E-state index is -0.333. The molecule has 0 bridgehead atoms. The molecule has 0 saturated carbocycles. The van der Waals surface area contributed by atoms with Gasteiger partial charge in [-0.2, -0.15) is 0 Å². The predicted molar refractivity (Wildman–Crippen MR) is 395 cm³/mol. The van der Waals surface area contributed by atoms with Gasteiger partial charge >= 0.3 is 0 Å². The van der Waals surface area contributed by atoms with Crippen molar-refractivity contribution in [3.8, 4) is 0 Å². The van der Waals surface area contributed by atoms with Crippen molar-refractivity contribution in [3.05, 3.63) is 84.8 Å². The number of rotatable bonds is 40. The Kier molecular flexibility index (Phi) is 83.8. The Labute approximate surface area is 616 Å². The summed E-state index contributed by atoms with van der Waals surface area (Å²) in [5, 5.41) is 16.1. The van der Waals surface area contributed by atoms with Gasteiger partial charge in [-0.1, -0.05) is 54.7 Å². The predicted octanol–water partition coefficient (Wildman–Crippen LogP) is 14.3. The van der Waals surface area contributed by atoms with E-state index in [4.69, 9.17) is 112 Å². The summed E-state index contributed by atoms with van der Waals surface area (Å²) in [6.45, 7) is 37.8. The van der Waals surface area contributed by atoms with Gasteiger partial charge in [0.15, 0.2) is 43.0 Å². The fourth-order valence-electron chi connectivity index (χ4n) is 6.96. The Morgan fingerprint density at radius 2 is 0.818 bits per heavy atom. The third kappa shape index (κ3) is 85.7. The lowest BCUT2D eigenvalue weighted by Crippen LogP contribution is -2.24. The zero-order valence-corrected chi connectivity index (χ0v) is 65.8. The summed E-state index contributed by atoms with van der Waals surface area (Å²) < 4.78 is 99.3. The van der Waals surface area contributed by atoms with Crippen LogP contribution in [0.4, 0.5) is 0 Å². The third-order valence-corrected chi connectivity index (χ3v) is 13.2. The highest BCUT2D eigenvalue weighted by Gasteiger charge is 2.17. The maximum absolute atomic E-state index is 10.5. The maximum Gasteiger partial charge on any atom is 0.160 e. The van der Waals surface area contributed by atoms with Crippen LogP contribution in [0, 0.1) is 5.92 Å². The van der Waals surface area contributed by atoms with Gasteiger partial charge in [-0.3, -0.25) is 9.59 Å². The topological polar surface area (TPSA) is 267 Å². The average Bonchev–Trinajstić information content (AvgIpc) is 3.74. The third-order valence-electron chi connectivity index (χ3n) is 11.7. The molecule has 5 aliphatic heterocycles. The largest absolute Gasteiger partial charge is 0.497 e. The zero-order valence-electron chi connectivity index (χ0n) is 61.8. The molecule has 28 heteroatoms. The molecule has 6 atom stereocenters. The molecule has 5 heterocycles. The summed E-state index contributed by atoms with van der Waals surface area (Å²) in [6.07, 6.45) is 27.3. The first-order valence-corrected chi connectivity index (χ1v) is 37.9. The molecule has 0 aromatic carbocycles. The minimum Gasteiger partial charge on any atom is -0.497 e. The van der Waals surface area contributed by atoms with E-state index in [1.54, 1.807) is 42.3 Å². The Hall–Kier alpha value is -2.82. The van der Waals surface area contributed by atoms with Crippen LogP contribution in [0.2, 0.25) is 0 Å². The van der Waals surface area contributed by atoms with Gasteiger partial charge in [0.05, 0.1) is 51.5 Å². The molecular weight excluding hydrogens is 1420 g/mol. The van der Waals surface area contributed by atoms with Gasteiger partial charge in [0.25, 0.3) is 0 Å². The number of thioether (sulfide) groups is 2. The second-order valence-electron chi connectivity index (χ2n) is 22.8. The number of carbonyl (C=O) groups excluding carboxylic acids is 3. The molecule has 5 fully saturated rings. The Morgan fingerprint density at radius 3 is 1.08 bits per heavy atom. The fourth-order valence-corrected chi connectivity index (χ4v) is 7.70. The van der Waals surface area contributed by atoms with Crippen LogP contribution in [0.25, 0.3) is 0 Å². The molecule has 5 saturated heterocycles. The van der Waals surface area contributed by atoms with Crippen molar-refractivity contribution in [2.75, 3.05) is 156 Å². The Balaban J connectivity index is -0.000000528. The van der Waals surface area contributed by atoms with Crippen LogP contribution in [-0.2, 0) is 104 Å². The Morgan fingerprint density at radius 1 is 0.495 bits per heavy atom. The van der Waals surface area contributed by atoms with Crippen LogP contribution in [0.5, 0.6) is 0 Å². The number of hydrogen-bond donors (Lipinski definition) is 2. The van der Waals surface area contributed by atoms with Gasteiger partial charge in [0.2, 0.25) is 0 Å². The molecule has 0 aliphatic carbocycles. The van der Waals surface area contributed by atoms with Gasteiger partial charge in [-0.25, -0.2) is 0 Å². The molecule has 0 radical (unpaired) electrons. The van der Waals surface area contributed by atoms with Crippen molar-refractivity contribution in [1.82, 2.24) is 0 Å². The lowest BCUT2D eigenvalue weighted by atomic mass is 10.2. The van der Waals surface area contributed by atoms with Gasteiger partial charge < -0.3 is 105 Å². The van der Waals surface area contributed by atoms with E-state index >= 15 is 0 Å². The number of hydrogen-bond acceptors (Lipinski definition) is 26. The van der Waals surface area contributed by atoms with E-state index in [2.05, 4.69) is 42.2 Å². The lowest BCUT2D eigenvalue weighted by Gasteiger charge is -2.22. The normalized spacial score (nSPS) is 19.1. The molecule has 582 valence electrons. The van der Waals surface area contributed by atoms with Gasteiger partial charge in [-0.15, -0.1) is 35.1 Å². The summed E-state index contributed by atoms with van der Waals surface area (Å²) in [5.74, 6) is 1.72.